The molecule has 1 amide bonds. The van der Waals surface area contributed by atoms with Crippen molar-refractivity contribution in [2.75, 3.05) is 0 Å². The van der Waals surface area contributed by atoms with Crippen molar-refractivity contribution in [3.8, 4) is 6.19 Å². The largest absolute Gasteiger partial charge is 0.348 e. The van der Waals surface area contributed by atoms with Crippen molar-refractivity contribution in [1.29, 1.82) is 5.26 Å². The number of nitriles is 1. The number of hydrogen-bond donors (Lipinski definition) is 1. The number of carbonyl (C=O) groups excluding carboxylic acids is 1. The predicted octanol–water partition coefficient (Wildman–Crippen LogP) is 2.41. The molecular formula is C17H15N3O. The van der Waals surface area contributed by atoms with Crippen LogP contribution in [0.1, 0.15) is 27.0 Å². The third-order valence-corrected chi connectivity index (χ3v) is 3.67. The first-order valence-electron chi connectivity index (χ1n) is 6.85. The maximum atomic E-state index is 12.4. The Labute approximate surface area is 123 Å². The van der Waals surface area contributed by atoms with Gasteiger partial charge in [-0.15, -0.1) is 0 Å². The average molecular weight is 277 g/mol. The molecule has 104 valence electrons. The summed E-state index contributed by atoms with van der Waals surface area (Å²) in [6, 6.07) is 15.5. The minimum Gasteiger partial charge on any atom is -0.348 e. The van der Waals surface area contributed by atoms with Crippen LogP contribution in [-0.4, -0.2) is 10.8 Å². The van der Waals surface area contributed by atoms with Crippen LogP contribution in [0, 0.1) is 11.5 Å². The van der Waals surface area contributed by atoms with E-state index >= 15 is 0 Å². The Morgan fingerprint density at radius 2 is 1.95 bits per heavy atom. The van der Waals surface area contributed by atoms with Crippen molar-refractivity contribution in [1.82, 2.24) is 10.2 Å². The van der Waals surface area contributed by atoms with Crippen molar-refractivity contribution in [2.24, 2.45) is 0 Å². The summed E-state index contributed by atoms with van der Waals surface area (Å²) >= 11 is 0. The first-order valence-corrected chi connectivity index (χ1v) is 6.85. The molecule has 1 aliphatic rings. The zero-order chi connectivity index (χ0) is 14.7. The summed E-state index contributed by atoms with van der Waals surface area (Å²) in [6.07, 6.45) is 2.14. The number of amides is 1. The Balaban J connectivity index is 1.75. The van der Waals surface area contributed by atoms with Gasteiger partial charge in [0, 0.05) is 12.1 Å². The molecule has 2 aromatic carbocycles. The lowest BCUT2D eigenvalue weighted by Gasteiger charge is -2.09. The van der Waals surface area contributed by atoms with Crippen molar-refractivity contribution in [3.63, 3.8) is 0 Å². The third kappa shape index (κ3) is 2.72. The van der Waals surface area contributed by atoms with Crippen LogP contribution in [0.25, 0.3) is 0 Å². The summed E-state index contributed by atoms with van der Waals surface area (Å²) in [5, 5.41) is 11.9. The standard InChI is InChI=1S/C17H15N3O/c18-12-20-10-14-7-4-8-15(16(14)11-20)17(21)19-9-13-5-2-1-3-6-13/h1-8H,9-11H2,(H,19,21). The van der Waals surface area contributed by atoms with Gasteiger partial charge in [0.05, 0.1) is 13.1 Å². The molecule has 0 aliphatic carbocycles. The number of hydrogen-bond acceptors (Lipinski definition) is 3. The van der Waals surface area contributed by atoms with Gasteiger partial charge in [-0.2, -0.15) is 5.26 Å². The minimum absolute atomic E-state index is 0.0875. The summed E-state index contributed by atoms with van der Waals surface area (Å²) < 4.78 is 0. The van der Waals surface area contributed by atoms with Gasteiger partial charge in [0.15, 0.2) is 6.19 Å². The average Bonchev–Trinajstić information content (AvgIpc) is 2.96. The summed E-state index contributed by atoms with van der Waals surface area (Å²) in [5.74, 6) is -0.0875. The van der Waals surface area contributed by atoms with Gasteiger partial charge in [-0.3, -0.25) is 4.79 Å². The third-order valence-electron chi connectivity index (χ3n) is 3.67. The second-order valence-corrected chi connectivity index (χ2v) is 5.07. The topological polar surface area (TPSA) is 56.1 Å². The second-order valence-electron chi connectivity index (χ2n) is 5.07. The molecule has 1 heterocycles. The van der Waals surface area contributed by atoms with Gasteiger partial charge in [-0.25, -0.2) is 0 Å². The highest BCUT2D eigenvalue weighted by molar-refractivity contribution is 5.96. The molecule has 3 rings (SSSR count). The van der Waals surface area contributed by atoms with E-state index < -0.39 is 0 Å². The summed E-state index contributed by atoms with van der Waals surface area (Å²) in [6.45, 7) is 1.61. The molecule has 2 aromatic rings. The van der Waals surface area contributed by atoms with Crippen molar-refractivity contribution < 1.29 is 4.79 Å². The normalized spacial score (nSPS) is 12.6. The lowest BCUT2D eigenvalue weighted by molar-refractivity contribution is 0.0949. The zero-order valence-corrected chi connectivity index (χ0v) is 11.5. The molecular weight excluding hydrogens is 262 g/mol. The molecule has 0 spiro atoms. The molecule has 21 heavy (non-hydrogen) atoms. The molecule has 0 saturated heterocycles. The number of benzene rings is 2. The molecule has 0 aromatic heterocycles. The van der Waals surface area contributed by atoms with Gasteiger partial charge < -0.3 is 10.2 Å². The van der Waals surface area contributed by atoms with Crippen molar-refractivity contribution in [2.45, 2.75) is 19.6 Å². The van der Waals surface area contributed by atoms with E-state index in [1.165, 1.54) is 0 Å². The molecule has 0 unspecified atom stereocenters. The van der Waals surface area contributed by atoms with Crippen LogP contribution in [-0.2, 0) is 19.6 Å². The Morgan fingerprint density at radius 1 is 1.14 bits per heavy atom. The molecule has 1 N–H and O–H groups in total. The molecule has 0 atom stereocenters. The maximum Gasteiger partial charge on any atom is 0.251 e. The summed E-state index contributed by atoms with van der Waals surface area (Å²) in [7, 11) is 0. The number of nitrogens with zero attached hydrogens (tertiary/aromatic N) is 2. The number of nitrogens with one attached hydrogen (secondary N) is 1. The van der Waals surface area contributed by atoms with Crippen LogP contribution < -0.4 is 5.32 Å². The first-order chi connectivity index (χ1) is 10.3. The molecule has 4 nitrogen and oxygen atoms in total. The highest BCUT2D eigenvalue weighted by Crippen LogP contribution is 2.25. The number of carbonyl (C=O) groups is 1. The zero-order valence-electron chi connectivity index (χ0n) is 11.5. The minimum atomic E-state index is -0.0875. The van der Waals surface area contributed by atoms with Gasteiger partial charge in [-0.05, 0) is 22.8 Å². The lowest BCUT2D eigenvalue weighted by Crippen LogP contribution is -2.24. The monoisotopic (exact) mass is 277 g/mol. The van der Waals surface area contributed by atoms with E-state index in [4.69, 9.17) is 5.26 Å². The molecule has 4 heteroatoms. The number of fused-ring (bicyclic) bond motifs is 1. The van der Waals surface area contributed by atoms with Gasteiger partial charge in [0.1, 0.15) is 0 Å². The second kappa shape index (κ2) is 5.68. The SMILES string of the molecule is N#CN1Cc2cccc(C(=O)NCc3ccccc3)c2C1. The van der Waals surface area contributed by atoms with E-state index in [0.29, 0.717) is 25.2 Å². The lowest BCUT2D eigenvalue weighted by atomic mass is 10.0. The van der Waals surface area contributed by atoms with Gasteiger partial charge >= 0.3 is 0 Å². The van der Waals surface area contributed by atoms with Gasteiger partial charge in [0.2, 0.25) is 0 Å². The fourth-order valence-electron chi connectivity index (χ4n) is 2.58. The fourth-order valence-corrected chi connectivity index (χ4v) is 2.58. The number of rotatable bonds is 3. The van der Waals surface area contributed by atoms with E-state index in [-0.39, 0.29) is 5.91 Å². The van der Waals surface area contributed by atoms with Gasteiger partial charge in [0.25, 0.3) is 5.91 Å². The Kier molecular flexibility index (Phi) is 3.57. The van der Waals surface area contributed by atoms with Crippen LogP contribution in [0.3, 0.4) is 0 Å². The van der Waals surface area contributed by atoms with E-state index in [0.717, 1.165) is 16.7 Å². The Morgan fingerprint density at radius 3 is 2.71 bits per heavy atom. The van der Waals surface area contributed by atoms with Crippen LogP contribution in [0.5, 0.6) is 0 Å². The fraction of sp³-hybridized carbons (Fsp3) is 0.176. The van der Waals surface area contributed by atoms with Gasteiger partial charge in [-0.1, -0.05) is 42.5 Å². The molecule has 0 radical (unpaired) electrons. The smallest absolute Gasteiger partial charge is 0.251 e. The molecule has 1 aliphatic heterocycles. The van der Waals surface area contributed by atoms with Crippen LogP contribution in [0.15, 0.2) is 48.5 Å². The highest BCUT2D eigenvalue weighted by Gasteiger charge is 2.23. The maximum absolute atomic E-state index is 12.4. The van der Waals surface area contributed by atoms with E-state index in [9.17, 15) is 4.79 Å². The summed E-state index contributed by atoms with van der Waals surface area (Å²) in [5.41, 5.74) is 3.76. The molecule has 0 fully saturated rings. The highest BCUT2D eigenvalue weighted by atomic mass is 16.1. The van der Waals surface area contributed by atoms with E-state index in [1.54, 1.807) is 4.90 Å². The summed E-state index contributed by atoms with van der Waals surface area (Å²) in [4.78, 5) is 14.0. The van der Waals surface area contributed by atoms with Crippen LogP contribution >= 0.6 is 0 Å². The van der Waals surface area contributed by atoms with Crippen LogP contribution in [0.2, 0.25) is 0 Å². The molecule has 0 bridgehead atoms. The predicted molar refractivity (Wildman–Crippen MR) is 78.9 cm³/mol. The Bertz CT molecular complexity index is 704. The van der Waals surface area contributed by atoms with Crippen molar-refractivity contribution in [3.05, 3.63) is 70.8 Å². The van der Waals surface area contributed by atoms with Crippen molar-refractivity contribution >= 4 is 5.91 Å². The first kappa shape index (κ1) is 13.2. The van der Waals surface area contributed by atoms with E-state index in [1.807, 2.05) is 48.5 Å². The Hall–Kier alpha value is -2.80. The van der Waals surface area contributed by atoms with E-state index in [2.05, 4.69) is 11.5 Å². The quantitative estimate of drug-likeness (QED) is 0.877. The molecule has 0 saturated carbocycles. The van der Waals surface area contributed by atoms with Crippen LogP contribution in [0.4, 0.5) is 0 Å².